The monoisotopic (exact) mass is 284 g/mol. The van der Waals surface area contributed by atoms with Crippen LogP contribution in [-0.4, -0.2) is 49.3 Å². The topological polar surface area (TPSA) is 35.5 Å². The first-order valence-electron chi connectivity index (χ1n) is 8.61. The van der Waals surface area contributed by atoms with Gasteiger partial charge in [-0.25, -0.2) is 0 Å². The first-order chi connectivity index (χ1) is 9.58. The summed E-state index contributed by atoms with van der Waals surface area (Å²) in [6.45, 7) is 8.40. The second-order valence-corrected chi connectivity index (χ2v) is 7.12. The van der Waals surface area contributed by atoms with Gasteiger partial charge in [0.25, 0.3) is 0 Å². The van der Waals surface area contributed by atoms with Gasteiger partial charge < -0.3 is 15.3 Å². The van der Waals surface area contributed by atoms with Crippen molar-refractivity contribution in [1.29, 1.82) is 0 Å². The van der Waals surface area contributed by atoms with Gasteiger partial charge in [-0.2, -0.15) is 0 Å². The molecule has 0 spiro atoms. The molecule has 0 amide bonds. The smallest absolute Gasteiger partial charge is 0.0431 e. The largest absolute Gasteiger partial charge is 0.396 e. The average Bonchev–Trinajstić information content (AvgIpc) is 2.43. The summed E-state index contributed by atoms with van der Waals surface area (Å²) in [4.78, 5) is 2.52. The zero-order chi connectivity index (χ0) is 14.8. The Balaban J connectivity index is 2.38. The first kappa shape index (κ1) is 17.9. The van der Waals surface area contributed by atoms with Crippen LogP contribution in [0.1, 0.15) is 65.2 Å². The number of hydrogen-bond donors (Lipinski definition) is 2. The molecule has 1 saturated carbocycles. The maximum atomic E-state index is 8.83. The molecule has 0 aromatic heterocycles. The van der Waals surface area contributed by atoms with E-state index in [1.807, 2.05) is 0 Å². The SMILES string of the molecule is CC(C)NCC1(CN(C)CCCCCO)CCCCC1. The van der Waals surface area contributed by atoms with Crippen LogP contribution in [0, 0.1) is 5.41 Å². The third-order valence-corrected chi connectivity index (χ3v) is 4.60. The van der Waals surface area contributed by atoms with Gasteiger partial charge >= 0.3 is 0 Å². The van der Waals surface area contributed by atoms with Gasteiger partial charge in [-0.1, -0.05) is 33.1 Å². The van der Waals surface area contributed by atoms with Gasteiger partial charge in [-0.15, -0.1) is 0 Å². The predicted molar refractivity (Wildman–Crippen MR) is 87.1 cm³/mol. The zero-order valence-corrected chi connectivity index (χ0v) is 14.0. The molecule has 3 nitrogen and oxygen atoms in total. The molecular weight excluding hydrogens is 248 g/mol. The quantitative estimate of drug-likeness (QED) is 0.605. The van der Waals surface area contributed by atoms with Crippen LogP contribution in [0.4, 0.5) is 0 Å². The molecule has 3 heteroatoms. The van der Waals surface area contributed by atoms with E-state index in [1.165, 1.54) is 58.2 Å². The van der Waals surface area contributed by atoms with E-state index in [0.717, 1.165) is 12.8 Å². The van der Waals surface area contributed by atoms with Crippen LogP contribution in [-0.2, 0) is 0 Å². The highest BCUT2D eigenvalue weighted by Gasteiger charge is 2.32. The molecule has 0 saturated heterocycles. The van der Waals surface area contributed by atoms with Gasteiger partial charge in [0.05, 0.1) is 0 Å². The number of nitrogens with one attached hydrogen (secondary N) is 1. The summed E-state index contributed by atoms with van der Waals surface area (Å²) in [7, 11) is 2.27. The van der Waals surface area contributed by atoms with Crippen LogP contribution in [0.15, 0.2) is 0 Å². The minimum atomic E-state index is 0.339. The molecule has 2 N–H and O–H groups in total. The molecule has 1 aliphatic carbocycles. The Labute approximate surface area is 126 Å². The van der Waals surface area contributed by atoms with Crippen molar-refractivity contribution in [3.8, 4) is 0 Å². The Bertz CT molecular complexity index is 237. The standard InChI is InChI=1S/C17H36N2O/c1-16(2)18-14-17(10-6-4-7-11-17)15-19(3)12-8-5-9-13-20/h16,18,20H,4-15H2,1-3H3. The molecule has 1 aliphatic rings. The molecule has 0 aromatic carbocycles. The molecular formula is C17H36N2O. The van der Waals surface area contributed by atoms with Gasteiger partial charge in [0.15, 0.2) is 0 Å². The summed E-state index contributed by atoms with van der Waals surface area (Å²) in [5.74, 6) is 0. The summed E-state index contributed by atoms with van der Waals surface area (Å²) >= 11 is 0. The second-order valence-electron chi connectivity index (χ2n) is 7.12. The van der Waals surface area contributed by atoms with Gasteiger partial charge in [-0.3, -0.25) is 0 Å². The Morgan fingerprint density at radius 1 is 1.10 bits per heavy atom. The summed E-state index contributed by atoms with van der Waals surface area (Å²) < 4.78 is 0. The van der Waals surface area contributed by atoms with E-state index >= 15 is 0 Å². The number of nitrogens with zero attached hydrogens (tertiary/aromatic N) is 1. The predicted octanol–water partition coefficient (Wildman–Crippen LogP) is 3.03. The molecule has 0 unspecified atom stereocenters. The van der Waals surface area contributed by atoms with Crippen molar-refractivity contribution in [2.75, 3.05) is 33.3 Å². The fraction of sp³-hybridized carbons (Fsp3) is 1.00. The maximum Gasteiger partial charge on any atom is 0.0431 e. The van der Waals surface area contributed by atoms with Crippen LogP contribution in [0.5, 0.6) is 0 Å². The molecule has 0 radical (unpaired) electrons. The fourth-order valence-corrected chi connectivity index (χ4v) is 3.44. The maximum absolute atomic E-state index is 8.83. The van der Waals surface area contributed by atoms with E-state index in [0.29, 0.717) is 18.1 Å². The van der Waals surface area contributed by atoms with Crippen molar-refractivity contribution in [3.05, 3.63) is 0 Å². The Kier molecular flexibility index (Phi) is 8.74. The van der Waals surface area contributed by atoms with Crippen molar-refractivity contribution in [3.63, 3.8) is 0 Å². The lowest BCUT2D eigenvalue weighted by Crippen LogP contribution is -2.46. The van der Waals surface area contributed by atoms with Crippen LogP contribution in [0.25, 0.3) is 0 Å². The number of aliphatic hydroxyl groups is 1. The Hall–Kier alpha value is -0.120. The minimum Gasteiger partial charge on any atom is -0.396 e. The van der Waals surface area contributed by atoms with Crippen molar-refractivity contribution in [1.82, 2.24) is 10.2 Å². The molecule has 120 valence electrons. The summed E-state index contributed by atoms with van der Waals surface area (Å²) in [5.41, 5.74) is 0.494. The average molecular weight is 284 g/mol. The van der Waals surface area contributed by atoms with E-state index in [9.17, 15) is 0 Å². The van der Waals surface area contributed by atoms with Gasteiger partial charge in [0, 0.05) is 25.7 Å². The highest BCUT2D eigenvalue weighted by atomic mass is 16.2. The van der Waals surface area contributed by atoms with Gasteiger partial charge in [0.1, 0.15) is 0 Å². The van der Waals surface area contributed by atoms with E-state index in [-0.39, 0.29) is 0 Å². The van der Waals surface area contributed by atoms with Crippen LogP contribution in [0.2, 0.25) is 0 Å². The lowest BCUT2D eigenvalue weighted by atomic mass is 9.73. The zero-order valence-electron chi connectivity index (χ0n) is 14.0. The van der Waals surface area contributed by atoms with E-state index in [2.05, 4.69) is 31.1 Å². The van der Waals surface area contributed by atoms with E-state index in [1.54, 1.807) is 0 Å². The summed E-state index contributed by atoms with van der Waals surface area (Å²) in [6.07, 6.45) is 10.3. The molecule has 1 rings (SSSR count). The Morgan fingerprint density at radius 3 is 2.40 bits per heavy atom. The van der Waals surface area contributed by atoms with E-state index < -0.39 is 0 Å². The fourth-order valence-electron chi connectivity index (χ4n) is 3.44. The van der Waals surface area contributed by atoms with Crippen LogP contribution < -0.4 is 5.32 Å². The molecule has 0 heterocycles. The number of hydrogen-bond acceptors (Lipinski definition) is 3. The Morgan fingerprint density at radius 2 is 1.80 bits per heavy atom. The number of unbranched alkanes of at least 4 members (excludes halogenated alkanes) is 2. The van der Waals surface area contributed by atoms with Crippen molar-refractivity contribution < 1.29 is 5.11 Å². The van der Waals surface area contributed by atoms with Crippen molar-refractivity contribution >= 4 is 0 Å². The summed E-state index contributed by atoms with van der Waals surface area (Å²) in [5, 5.41) is 12.5. The molecule has 0 atom stereocenters. The van der Waals surface area contributed by atoms with Crippen molar-refractivity contribution in [2.45, 2.75) is 71.3 Å². The third kappa shape index (κ3) is 7.05. The third-order valence-electron chi connectivity index (χ3n) is 4.60. The summed E-state index contributed by atoms with van der Waals surface area (Å²) in [6, 6.07) is 0.587. The molecule has 0 aromatic rings. The lowest BCUT2D eigenvalue weighted by Gasteiger charge is -2.41. The van der Waals surface area contributed by atoms with Crippen molar-refractivity contribution in [2.24, 2.45) is 5.41 Å². The highest BCUT2D eigenvalue weighted by Crippen LogP contribution is 2.36. The van der Waals surface area contributed by atoms with Gasteiger partial charge in [-0.05, 0) is 51.1 Å². The number of aliphatic hydroxyl groups excluding tert-OH is 1. The lowest BCUT2D eigenvalue weighted by molar-refractivity contribution is 0.113. The van der Waals surface area contributed by atoms with Crippen LogP contribution in [0.3, 0.4) is 0 Å². The molecule has 0 bridgehead atoms. The normalized spacial score (nSPS) is 18.9. The highest BCUT2D eigenvalue weighted by molar-refractivity contribution is 4.87. The second kappa shape index (κ2) is 9.75. The van der Waals surface area contributed by atoms with Gasteiger partial charge in [0.2, 0.25) is 0 Å². The molecule has 20 heavy (non-hydrogen) atoms. The first-order valence-corrected chi connectivity index (χ1v) is 8.61. The van der Waals surface area contributed by atoms with E-state index in [4.69, 9.17) is 5.11 Å². The minimum absolute atomic E-state index is 0.339. The number of rotatable bonds is 10. The molecule has 0 aliphatic heterocycles. The van der Waals surface area contributed by atoms with Crippen LogP contribution >= 0.6 is 0 Å². The molecule has 1 fully saturated rings.